The van der Waals surface area contributed by atoms with E-state index in [1.807, 2.05) is 4.90 Å². The molecule has 3 rings (SSSR count). The van der Waals surface area contributed by atoms with E-state index in [4.69, 9.17) is 17.3 Å². The third-order valence-corrected chi connectivity index (χ3v) is 3.90. The van der Waals surface area contributed by atoms with Crippen LogP contribution in [0.2, 0.25) is 5.02 Å². The topological polar surface area (TPSA) is 88.3 Å². The fourth-order valence-corrected chi connectivity index (χ4v) is 2.66. The minimum Gasteiger partial charge on any atom is -0.366 e. The first-order chi connectivity index (χ1) is 9.54. The molecule has 0 aromatic carbocycles. The number of anilines is 1. The molecule has 1 aliphatic carbocycles. The van der Waals surface area contributed by atoms with Crippen molar-refractivity contribution in [1.82, 2.24) is 9.88 Å². The summed E-state index contributed by atoms with van der Waals surface area (Å²) in [7, 11) is 0. The van der Waals surface area contributed by atoms with Gasteiger partial charge in [-0.25, -0.2) is 4.98 Å². The maximum absolute atomic E-state index is 11.9. The summed E-state index contributed by atoms with van der Waals surface area (Å²) in [5.74, 6) is 0.0869. The Hall–Kier alpha value is -1.82. The van der Waals surface area contributed by atoms with Crippen LogP contribution < -0.4 is 11.1 Å². The molecule has 6 nitrogen and oxygen atoms in total. The van der Waals surface area contributed by atoms with E-state index in [9.17, 15) is 9.59 Å². The van der Waals surface area contributed by atoms with Crippen molar-refractivity contribution in [2.45, 2.75) is 31.3 Å². The molecular weight excluding hydrogens is 280 g/mol. The van der Waals surface area contributed by atoms with Gasteiger partial charge in [-0.3, -0.25) is 9.59 Å². The molecule has 106 valence electrons. The van der Waals surface area contributed by atoms with Gasteiger partial charge < -0.3 is 16.0 Å². The van der Waals surface area contributed by atoms with Gasteiger partial charge in [0.2, 0.25) is 11.8 Å². The maximum atomic E-state index is 11.9. The molecule has 2 fully saturated rings. The van der Waals surface area contributed by atoms with Crippen LogP contribution in [-0.2, 0) is 4.79 Å². The molecule has 1 unspecified atom stereocenters. The highest BCUT2D eigenvalue weighted by Gasteiger charge is 2.39. The number of amides is 2. The van der Waals surface area contributed by atoms with Crippen LogP contribution in [0.25, 0.3) is 0 Å². The molecule has 1 atom stereocenters. The summed E-state index contributed by atoms with van der Waals surface area (Å²) >= 11 is 6.07. The minimum absolute atomic E-state index is 0.00697. The van der Waals surface area contributed by atoms with Gasteiger partial charge in [0.25, 0.3) is 0 Å². The number of primary amides is 1. The van der Waals surface area contributed by atoms with E-state index in [1.165, 1.54) is 12.3 Å². The van der Waals surface area contributed by atoms with Crippen molar-refractivity contribution in [1.29, 1.82) is 0 Å². The standard InChI is InChI=1S/C13H15ClN4O2/c14-10-3-7(12(15)20)5-16-13(10)17-8-4-11(19)18(6-8)9-1-2-9/h3,5,8-9H,1-2,4,6H2,(H2,15,20)(H,16,17). The van der Waals surface area contributed by atoms with E-state index in [2.05, 4.69) is 10.3 Å². The number of aromatic nitrogens is 1. The molecule has 2 aliphatic rings. The van der Waals surface area contributed by atoms with Gasteiger partial charge in [-0.1, -0.05) is 11.6 Å². The first-order valence-corrected chi connectivity index (χ1v) is 6.93. The fourth-order valence-electron chi connectivity index (χ4n) is 2.44. The van der Waals surface area contributed by atoms with Crippen molar-refractivity contribution in [2.24, 2.45) is 5.73 Å². The van der Waals surface area contributed by atoms with Crippen LogP contribution in [-0.4, -0.2) is 40.3 Å². The zero-order valence-corrected chi connectivity index (χ0v) is 11.6. The van der Waals surface area contributed by atoms with E-state index < -0.39 is 5.91 Å². The van der Waals surface area contributed by atoms with Crippen LogP contribution in [0, 0.1) is 0 Å². The molecule has 20 heavy (non-hydrogen) atoms. The average molecular weight is 295 g/mol. The Balaban J connectivity index is 1.69. The maximum Gasteiger partial charge on any atom is 0.250 e. The van der Waals surface area contributed by atoms with E-state index in [-0.39, 0.29) is 17.5 Å². The highest BCUT2D eigenvalue weighted by atomic mass is 35.5. The van der Waals surface area contributed by atoms with Gasteiger partial charge in [-0.15, -0.1) is 0 Å². The molecule has 1 saturated carbocycles. The summed E-state index contributed by atoms with van der Waals surface area (Å²) in [6.45, 7) is 0.680. The fraction of sp³-hybridized carbons (Fsp3) is 0.462. The van der Waals surface area contributed by atoms with Crippen molar-refractivity contribution in [3.8, 4) is 0 Å². The van der Waals surface area contributed by atoms with Gasteiger partial charge in [0.1, 0.15) is 5.82 Å². The number of hydrogen-bond acceptors (Lipinski definition) is 4. The van der Waals surface area contributed by atoms with Crippen molar-refractivity contribution in [3.05, 3.63) is 22.8 Å². The molecule has 0 spiro atoms. The van der Waals surface area contributed by atoms with Gasteiger partial charge in [0.15, 0.2) is 0 Å². The number of hydrogen-bond donors (Lipinski definition) is 2. The van der Waals surface area contributed by atoms with Gasteiger partial charge >= 0.3 is 0 Å². The molecule has 1 aromatic rings. The summed E-state index contributed by atoms with van der Waals surface area (Å²) in [4.78, 5) is 28.9. The number of nitrogens with zero attached hydrogens (tertiary/aromatic N) is 2. The zero-order valence-electron chi connectivity index (χ0n) is 10.8. The Morgan fingerprint density at radius 2 is 2.25 bits per heavy atom. The minimum atomic E-state index is -0.568. The number of pyridine rings is 1. The van der Waals surface area contributed by atoms with Gasteiger partial charge in [-0.05, 0) is 18.9 Å². The highest BCUT2D eigenvalue weighted by molar-refractivity contribution is 6.33. The summed E-state index contributed by atoms with van der Waals surface area (Å²) < 4.78 is 0. The van der Waals surface area contributed by atoms with Crippen LogP contribution >= 0.6 is 11.6 Å². The normalized spacial score (nSPS) is 22.1. The van der Waals surface area contributed by atoms with Crippen molar-refractivity contribution >= 4 is 29.2 Å². The van der Waals surface area contributed by atoms with E-state index >= 15 is 0 Å². The van der Waals surface area contributed by atoms with Crippen LogP contribution in [0.1, 0.15) is 29.6 Å². The Labute approximate surface area is 121 Å². The predicted molar refractivity (Wildman–Crippen MR) is 74.5 cm³/mol. The van der Waals surface area contributed by atoms with Gasteiger partial charge in [0.05, 0.1) is 16.6 Å². The van der Waals surface area contributed by atoms with Crippen LogP contribution in [0.3, 0.4) is 0 Å². The molecule has 7 heteroatoms. The Morgan fingerprint density at radius 1 is 1.50 bits per heavy atom. The molecule has 1 aromatic heterocycles. The first kappa shape index (κ1) is 13.2. The number of nitrogens with one attached hydrogen (secondary N) is 1. The second-order valence-electron chi connectivity index (χ2n) is 5.24. The molecule has 0 radical (unpaired) electrons. The average Bonchev–Trinajstić information content (AvgIpc) is 3.16. The van der Waals surface area contributed by atoms with Crippen LogP contribution in [0.15, 0.2) is 12.3 Å². The van der Waals surface area contributed by atoms with Crippen molar-refractivity contribution in [3.63, 3.8) is 0 Å². The predicted octanol–water partition coefficient (Wildman–Crippen LogP) is 1.01. The smallest absolute Gasteiger partial charge is 0.250 e. The monoisotopic (exact) mass is 294 g/mol. The Bertz CT molecular complexity index is 573. The van der Waals surface area contributed by atoms with E-state index in [0.717, 1.165) is 12.8 Å². The van der Waals surface area contributed by atoms with E-state index in [1.54, 1.807) is 0 Å². The van der Waals surface area contributed by atoms with Crippen molar-refractivity contribution < 1.29 is 9.59 Å². The lowest BCUT2D eigenvalue weighted by atomic mass is 10.2. The summed E-state index contributed by atoms with van der Waals surface area (Å²) in [5.41, 5.74) is 5.43. The lowest BCUT2D eigenvalue weighted by molar-refractivity contribution is -0.128. The van der Waals surface area contributed by atoms with E-state index in [0.29, 0.717) is 29.8 Å². The number of carbonyl (C=O) groups is 2. The molecule has 1 aliphatic heterocycles. The van der Waals surface area contributed by atoms with Crippen LogP contribution in [0.4, 0.5) is 5.82 Å². The zero-order chi connectivity index (χ0) is 14.3. The van der Waals surface area contributed by atoms with Gasteiger partial charge in [0, 0.05) is 25.2 Å². The number of halogens is 1. The summed E-state index contributed by atoms with van der Waals surface area (Å²) in [5, 5.41) is 3.49. The number of carbonyl (C=O) groups excluding carboxylic acids is 2. The lowest BCUT2D eigenvalue weighted by Crippen LogP contribution is -2.30. The molecule has 1 saturated heterocycles. The second-order valence-corrected chi connectivity index (χ2v) is 5.65. The molecular formula is C13H15ClN4O2. The largest absolute Gasteiger partial charge is 0.366 e. The summed E-state index contributed by atoms with van der Waals surface area (Å²) in [6.07, 6.45) is 4.04. The Kier molecular flexibility index (Phi) is 3.25. The van der Waals surface area contributed by atoms with Crippen molar-refractivity contribution in [2.75, 3.05) is 11.9 Å². The molecule has 0 bridgehead atoms. The van der Waals surface area contributed by atoms with Crippen LogP contribution in [0.5, 0.6) is 0 Å². The summed E-state index contributed by atoms with van der Waals surface area (Å²) in [6, 6.07) is 1.91. The lowest BCUT2D eigenvalue weighted by Gasteiger charge is -2.17. The second kappa shape index (κ2) is 4.94. The quantitative estimate of drug-likeness (QED) is 0.867. The number of likely N-dealkylation sites (tertiary alicyclic amines) is 1. The molecule has 2 heterocycles. The number of rotatable bonds is 4. The first-order valence-electron chi connectivity index (χ1n) is 6.56. The highest BCUT2D eigenvalue weighted by Crippen LogP contribution is 2.32. The third-order valence-electron chi connectivity index (χ3n) is 3.61. The number of nitrogens with two attached hydrogens (primary N) is 1. The SMILES string of the molecule is NC(=O)c1cnc(NC2CC(=O)N(C3CC3)C2)c(Cl)c1. The molecule has 2 amide bonds. The third kappa shape index (κ3) is 2.56. The van der Waals surface area contributed by atoms with Gasteiger partial charge in [-0.2, -0.15) is 0 Å². The molecule has 3 N–H and O–H groups in total. The Morgan fingerprint density at radius 3 is 2.85 bits per heavy atom.